The van der Waals surface area contributed by atoms with Crippen LogP contribution < -0.4 is 15.5 Å². The maximum absolute atomic E-state index is 5.61. The molecule has 1 aliphatic carbocycles. The SMILES string of the molecule is CN=C(NCc1ccc(N2CCOCC2)cc1)NCC1(N2CCOCC2)CCCCC1. The first-order valence-corrected chi connectivity index (χ1v) is 12.0. The predicted molar refractivity (Wildman–Crippen MR) is 126 cm³/mol. The third kappa shape index (κ3) is 5.90. The van der Waals surface area contributed by atoms with Gasteiger partial charge in [0.25, 0.3) is 0 Å². The topological polar surface area (TPSA) is 61.4 Å². The number of hydrogen-bond acceptors (Lipinski definition) is 5. The van der Waals surface area contributed by atoms with E-state index >= 15 is 0 Å². The van der Waals surface area contributed by atoms with Crippen molar-refractivity contribution >= 4 is 11.6 Å². The van der Waals surface area contributed by atoms with Crippen molar-refractivity contribution < 1.29 is 9.47 Å². The molecular formula is C24H39N5O2. The molecule has 0 bridgehead atoms. The molecule has 0 unspecified atom stereocenters. The van der Waals surface area contributed by atoms with E-state index < -0.39 is 0 Å². The average molecular weight is 430 g/mol. The summed E-state index contributed by atoms with van der Waals surface area (Å²) in [6, 6.07) is 8.85. The third-order valence-electron chi connectivity index (χ3n) is 7.05. The van der Waals surface area contributed by atoms with Crippen molar-refractivity contribution in [3.8, 4) is 0 Å². The van der Waals surface area contributed by atoms with Crippen molar-refractivity contribution in [1.82, 2.24) is 15.5 Å². The number of nitrogens with one attached hydrogen (secondary N) is 2. The van der Waals surface area contributed by atoms with Gasteiger partial charge >= 0.3 is 0 Å². The number of aliphatic imine (C=N–C) groups is 1. The van der Waals surface area contributed by atoms with Gasteiger partial charge in [-0.3, -0.25) is 9.89 Å². The van der Waals surface area contributed by atoms with Gasteiger partial charge < -0.3 is 25.0 Å². The summed E-state index contributed by atoms with van der Waals surface area (Å²) in [6.45, 7) is 9.10. The molecule has 2 aliphatic heterocycles. The van der Waals surface area contributed by atoms with Gasteiger partial charge in [-0.2, -0.15) is 0 Å². The molecule has 2 N–H and O–H groups in total. The highest BCUT2D eigenvalue weighted by atomic mass is 16.5. The van der Waals surface area contributed by atoms with Gasteiger partial charge in [0.15, 0.2) is 5.96 Å². The molecule has 0 amide bonds. The fraction of sp³-hybridized carbons (Fsp3) is 0.708. The number of guanidine groups is 1. The Kier molecular flexibility index (Phi) is 8.05. The summed E-state index contributed by atoms with van der Waals surface area (Å²) in [4.78, 5) is 9.54. The van der Waals surface area contributed by atoms with E-state index in [1.54, 1.807) is 0 Å². The lowest BCUT2D eigenvalue weighted by Crippen LogP contribution is -2.60. The Bertz CT molecular complexity index is 690. The summed E-state index contributed by atoms with van der Waals surface area (Å²) >= 11 is 0. The van der Waals surface area contributed by atoms with Crippen molar-refractivity contribution in [2.24, 2.45) is 4.99 Å². The molecule has 172 valence electrons. The van der Waals surface area contributed by atoms with Gasteiger partial charge in [-0.05, 0) is 30.5 Å². The molecule has 7 heteroatoms. The van der Waals surface area contributed by atoms with Crippen LogP contribution in [0.2, 0.25) is 0 Å². The molecule has 2 saturated heterocycles. The van der Waals surface area contributed by atoms with E-state index in [-0.39, 0.29) is 5.54 Å². The van der Waals surface area contributed by atoms with Gasteiger partial charge in [-0.15, -0.1) is 0 Å². The van der Waals surface area contributed by atoms with Gasteiger partial charge in [-0.25, -0.2) is 0 Å². The quantitative estimate of drug-likeness (QED) is 0.534. The Hall–Kier alpha value is -1.83. The number of benzene rings is 1. The lowest BCUT2D eigenvalue weighted by atomic mass is 9.80. The predicted octanol–water partition coefficient (Wildman–Crippen LogP) is 2.22. The molecule has 0 radical (unpaired) electrons. The zero-order chi connectivity index (χ0) is 21.4. The fourth-order valence-corrected chi connectivity index (χ4v) is 5.15. The minimum absolute atomic E-state index is 0.236. The van der Waals surface area contributed by atoms with Gasteiger partial charge in [0.05, 0.1) is 26.4 Å². The highest BCUT2D eigenvalue weighted by molar-refractivity contribution is 5.79. The second-order valence-corrected chi connectivity index (χ2v) is 8.93. The smallest absolute Gasteiger partial charge is 0.191 e. The van der Waals surface area contributed by atoms with E-state index in [0.717, 1.165) is 71.7 Å². The zero-order valence-corrected chi connectivity index (χ0v) is 19.1. The number of rotatable bonds is 6. The number of ether oxygens (including phenoxy) is 2. The summed E-state index contributed by atoms with van der Waals surface area (Å²) in [6.07, 6.45) is 6.53. The van der Waals surface area contributed by atoms with Gasteiger partial charge in [0.2, 0.25) is 0 Å². The van der Waals surface area contributed by atoms with Crippen molar-refractivity contribution in [1.29, 1.82) is 0 Å². The minimum atomic E-state index is 0.236. The maximum Gasteiger partial charge on any atom is 0.191 e. The minimum Gasteiger partial charge on any atom is -0.379 e. The Morgan fingerprint density at radius 3 is 2.19 bits per heavy atom. The summed E-state index contributed by atoms with van der Waals surface area (Å²) < 4.78 is 11.1. The van der Waals surface area contributed by atoms with Crippen LogP contribution in [0.4, 0.5) is 5.69 Å². The van der Waals surface area contributed by atoms with Crippen LogP contribution in [0.1, 0.15) is 37.7 Å². The highest BCUT2D eigenvalue weighted by Crippen LogP contribution is 2.33. The normalized spacial score (nSPS) is 22.9. The van der Waals surface area contributed by atoms with Crippen LogP contribution in [0.3, 0.4) is 0 Å². The molecule has 3 aliphatic rings. The molecule has 2 heterocycles. The van der Waals surface area contributed by atoms with Crippen LogP contribution in [-0.4, -0.2) is 82.6 Å². The van der Waals surface area contributed by atoms with Crippen LogP contribution >= 0.6 is 0 Å². The number of anilines is 1. The first-order chi connectivity index (χ1) is 15.3. The van der Waals surface area contributed by atoms with E-state index in [0.29, 0.717) is 0 Å². The third-order valence-corrected chi connectivity index (χ3v) is 7.05. The average Bonchev–Trinajstić information content (AvgIpc) is 2.86. The summed E-state index contributed by atoms with van der Waals surface area (Å²) in [5, 5.41) is 7.15. The van der Waals surface area contributed by atoms with Crippen molar-refractivity contribution in [3.05, 3.63) is 29.8 Å². The largest absolute Gasteiger partial charge is 0.379 e. The van der Waals surface area contributed by atoms with Gasteiger partial charge in [0, 0.05) is 57.5 Å². The molecule has 7 nitrogen and oxygen atoms in total. The molecule has 3 fully saturated rings. The Labute approximate surface area is 187 Å². The fourth-order valence-electron chi connectivity index (χ4n) is 5.15. The van der Waals surface area contributed by atoms with E-state index in [1.807, 2.05) is 7.05 Å². The second kappa shape index (κ2) is 11.2. The zero-order valence-electron chi connectivity index (χ0n) is 19.1. The molecular weight excluding hydrogens is 390 g/mol. The molecule has 0 atom stereocenters. The molecule has 1 saturated carbocycles. The van der Waals surface area contributed by atoms with E-state index in [1.165, 1.54) is 43.4 Å². The number of nitrogens with zero attached hydrogens (tertiary/aromatic N) is 3. The number of hydrogen-bond donors (Lipinski definition) is 2. The van der Waals surface area contributed by atoms with E-state index in [9.17, 15) is 0 Å². The van der Waals surface area contributed by atoms with Crippen LogP contribution in [0.15, 0.2) is 29.3 Å². The van der Waals surface area contributed by atoms with Gasteiger partial charge in [-0.1, -0.05) is 31.4 Å². The Morgan fingerprint density at radius 1 is 0.903 bits per heavy atom. The first-order valence-electron chi connectivity index (χ1n) is 12.0. The summed E-state index contributed by atoms with van der Waals surface area (Å²) in [7, 11) is 1.86. The molecule has 1 aromatic rings. The molecule has 0 aromatic heterocycles. The number of morpholine rings is 2. The summed E-state index contributed by atoms with van der Waals surface area (Å²) in [5.41, 5.74) is 2.78. The van der Waals surface area contributed by atoms with E-state index in [2.05, 4.69) is 49.7 Å². The monoisotopic (exact) mass is 429 g/mol. The highest BCUT2D eigenvalue weighted by Gasteiger charge is 2.38. The van der Waals surface area contributed by atoms with E-state index in [4.69, 9.17) is 9.47 Å². The molecule has 31 heavy (non-hydrogen) atoms. The summed E-state index contributed by atoms with van der Waals surface area (Å²) in [5.74, 6) is 0.885. The molecule has 1 aromatic carbocycles. The second-order valence-electron chi connectivity index (χ2n) is 8.93. The molecule has 0 spiro atoms. The van der Waals surface area contributed by atoms with Crippen molar-refractivity contribution in [2.75, 3.05) is 71.1 Å². The Morgan fingerprint density at radius 2 is 1.55 bits per heavy atom. The van der Waals surface area contributed by atoms with Crippen molar-refractivity contribution in [3.63, 3.8) is 0 Å². The maximum atomic E-state index is 5.61. The Balaban J connectivity index is 1.29. The van der Waals surface area contributed by atoms with Crippen molar-refractivity contribution in [2.45, 2.75) is 44.2 Å². The van der Waals surface area contributed by atoms with Crippen LogP contribution in [0.25, 0.3) is 0 Å². The van der Waals surface area contributed by atoms with Gasteiger partial charge in [0.1, 0.15) is 0 Å². The lowest BCUT2D eigenvalue weighted by molar-refractivity contribution is -0.0352. The van der Waals surface area contributed by atoms with Crippen LogP contribution in [0, 0.1) is 0 Å². The van der Waals surface area contributed by atoms with Crippen LogP contribution in [0.5, 0.6) is 0 Å². The van der Waals surface area contributed by atoms with Crippen LogP contribution in [-0.2, 0) is 16.0 Å². The standard InChI is InChI=1S/C24H39N5O2/c1-25-23(26-19-21-5-7-22(8-6-21)28-11-15-30-16-12-28)27-20-24(9-3-2-4-10-24)29-13-17-31-18-14-29/h5-8H,2-4,9-20H2,1H3,(H2,25,26,27). The lowest BCUT2D eigenvalue weighted by Gasteiger charge is -2.48. The first kappa shape index (κ1) is 22.4. The molecule has 4 rings (SSSR count).